The molecule has 1 aliphatic heterocycles. The first kappa shape index (κ1) is 10.7. The molecule has 2 N–H and O–H groups in total. The molecule has 0 radical (unpaired) electrons. The van der Waals surface area contributed by atoms with E-state index >= 15 is 0 Å². The summed E-state index contributed by atoms with van der Waals surface area (Å²) in [7, 11) is 0. The Kier molecular flexibility index (Phi) is 2.91. The first-order chi connectivity index (χ1) is 7.65. The van der Waals surface area contributed by atoms with Gasteiger partial charge < -0.3 is 19.6 Å². The number of ether oxygens (including phenoxy) is 1. The van der Waals surface area contributed by atoms with Crippen LogP contribution in [0.4, 0.5) is 0 Å². The molecular weight excluding hydrogens is 214 g/mol. The molecule has 0 aliphatic carbocycles. The van der Waals surface area contributed by atoms with E-state index < -0.39 is 11.2 Å². The average molecular weight is 225 g/mol. The smallest absolute Gasteiger partial charge is 0.226 e. The number of rotatable bonds is 3. The fourth-order valence-electron chi connectivity index (χ4n) is 1.41. The molecule has 2 rings (SSSR count). The van der Waals surface area contributed by atoms with Crippen LogP contribution in [-0.2, 0) is 16.1 Å². The zero-order valence-electron chi connectivity index (χ0n) is 8.43. The van der Waals surface area contributed by atoms with Gasteiger partial charge in [-0.3, -0.25) is 9.59 Å². The third kappa shape index (κ3) is 2.40. The van der Waals surface area contributed by atoms with Crippen LogP contribution in [0.5, 0.6) is 5.75 Å². The summed E-state index contributed by atoms with van der Waals surface area (Å²) in [5.41, 5.74) is -0.514. The van der Waals surface area contributed by atoms with E-state index in [2.05, 4.69) is 5.32 Å². The molecule has 2 heterocycles. The second kappa shape index (κ2) is 4.36. The summed E-state index contributed by atoms with van der Waals surface area (Å²) >= 11 is 0. The number of amides is 1. The van der Waals surface area contributed by atoms with E-state index in [-0.39, 0.29) is 18.7 Å². The Morgan fingerprint density at radius 3 is 3.00 bits per heavy atom. The standard InChI is InChI=1S/C10H11NO5/c12-7-3-6(15-5-8(7)13)4-16-10-2-1-9(14)11-10/h3,5,10,13H,1-2,4H2,(H,11,14). The number of aromatic hydroxyl groups is 1. The molecule has 0 spiro atoms. The Labute approximate surface area is 90.8 Å². The Bertz CT molecular complexity index is 453. The van der Waals surface area contributed by atoms with E-state index in [0.717, 1.165) is 12.3 Å². The van der Waals surface area contributed by atoms with E-state index in [1.807, 2.05) is 0 Å². The summed E-state index contributed by atoms with van der Waals surface area (Å²) in [6, 6.07) is 1.16. The van der Waals surface area contributed by atoms with Gasteiger partial charge in [-0.2, -0.15) is 0 Å². The maximum atomic E-state index is 11.1. The van der Waals surface area contributed by atoms with Gasteiger partial charge in [0.05, 0.1) is 0 Å². The normalized spacial score (nSPS) is 19.8. The van der Waals surface area contributed by atoms with Crippen LogP contribution in [0.1, 0.15) is 18.6 Å². The van der Waals surface area contributed by atoms with Crippen molar-refractivity contribution in [1.82, 2.24) is 5.32 Å². The van der Waals surface area contributed by atoms with Crippen LogP contribution < -0.4 is 10.7 Å². The number of carbonyl (C=O) groups excluding carboxylic acids is 1. The quantitative estimate of drug-likeness (QED) is 0.761. The molecule has 1 aliphatic rings. The largest absolute Gasteiger partial charge is 0.502 e. The highest BCUT2D eigenvalue weighted by Gasteiger charge is 2.21. The molecule has 1 aromatic rings. The highest BCUT2D eigenvalue weighted by Crippen LogP contribution is 2.11. The van der Waals surface area contributed by atoms with Crippen molar-refractivity contribution in [2.45, 2.75) is 25.7 Å². The predicted octanol–water partition coefficient (Wildman–Crippen LogP) is 0.0981. The van der Waals surface area contributed by atoms with Crippen molar-refractivity contribution in [3.63, 3.8) is 0 Å². The highest BCUT2D eigenvalue weighted by atomic mass is 16.5. The van der Waals surface area contributed by atoms with Crippen LogP contribution in [0.25, 0.3) is 0 Å². The monoisotopic (exact) mass is 225 g/mol. The summed E-state index contributed by atoms with van der Waals surface area (Å²) in [5.74, 6) is -0.168. The van der Waals surface area contributed by atoms with Crippen molar-refractivity contribution in [3.05, 3.63) is 28.3 Å². The van der Waals surface area contributed by atoms with Crippen molar-refractivity contribution in [2.75, 3.05) is 0 Å². The lowest BCUT2D eigenvalue weighted by Crippen LogP contribution is -2.27. The highest BCUT2D eigenvalue weighted by molar-refractivity contribution is 5.78. The molecule has 1 aromatic heterocycles. The Morgan fingerprint density at radius 2 is 2.38 bits per heavy atom. The van der Waals surface area contributed by atoms with Crippen molar-refractivity contribution in [1.29, 1.82) is 0 Å². The number of hydrogen-bond acceptors (Lipinski definition) is 5. The predicted molar refractivity (Wildman–Crippen MR) is 52.6 cm³/mol. The Balaban J connectivity index is 1.92. The van der Waals surface area contributed by atoms with Crippen LogP contribution >= 0.6 is 0 Å². The third-order valence-electron chi connectivity index (χ3n) is 2.25. The topological polar surface area (TPSA) is 88.8 Å². The molecule has 0 saturated carbocycles. The number of nitrogens with one attached hydrogen (secondary N) is 1. The Morgan fingerprint density at radius 1 is 1.56 bits per heavy atom. The SMILES string of the molecule is O=C1CCC(OCc2cc(=O)c(O)co2)N1. The fourth-order valence-corrected chi connectivity index (χ4v) is 1.41. The summed E-state index contributed by atoms with van der Waals surface area (Å²) in [6.45, 7) is 0.0838. The molecule has 6 nitrogen and oxygen atoms in total. The van der Waals surface area contributed by atoms with Crippen molar-refractivity contribution < 1.29 is 19.1 Å². The lowest BCUT2D eigenvalue weighted by Gasteiger charge is -2.10. The first-order valence-electron chi connectivity index (χ1n) is 4.87. The van der Waals surface area contributed by atoms with Gasteiger partial charge in [-0.25, -0.2) is 0 Å². The fraction of sp³-hybridized carbons (Fsp3) is 0.400. The van der Waals surface area contributed by atoms with Gasteiger partial charge in [0.15, 0.2) is 5.75 Å². The zero-order chi connectivity index (χ0) is 11.5. The summed E-state index contributed by atoms with van der Waals surface area (Å²) in [5, 5.41) is 11.6. The molecule has 6 heteroatoms. The molecule has 1 saturated heterocycles. The lowest BCUT2D eigenvalue weighted by atomic mass is 10.3. The second-order valence-corrected chi connectivity index (χ2v) is 3.50. The minimum atomic E-state index is -0.514. The van der Waals surface area contributed by atoms with Gasteiger partial charge in [-0.15, -0.1) is 0 Å². The minimum absolute atomic E-state index is 0.0443. The first-order valence-corrected chi connectivity index (χ1v) is 4.87. The molecule has 0 aromatic carbocycles. The molecule has 86 valence electrons. The molecule has 1 amide bonds. The van der Waals surface area contributed by atoms with E-state index in [9.17, 15) is 9.59 Å². The molecule has 0 bridgehead atoms. The van der Waals surface area contributed by atoms with E-state index in [1.54, 1.807) is 0 Å². The van der Waals surface area contributed by atoms with Crippen LogP contribution in [0, 0.1) is 0 Å². The summed E-state index contributed by atoms with van der Waals surface area (Å²) < 4.78 is 10.2. The lowest BCUT2D eigenvalue weighted by molar-refractivity contribution is -0.121. The van der Waals surface area contributed by atoms with Gasteiger partial charge in [-0.05, 0) is 0 Å². The van der Waals surface area contributed by atoms with E-state index in [1.165, 1.54) is 0 Å². The van der Waals surface area contributed by atoms with Crippen molar-refractivity contribution in [2.24, 2.45) is 0 Å². The van der Waals surface area contributed by atoms with Crippen LogP contribution in [0.15, 0.2) is 21.5 Å². The van der Waals surface area contributed by atoms with Gasteiger partial charge in [0.1, 0.15) is 24.9 Å². The van der Waals surface area contributed by atoms with E-state index in [4.69, 9.17) is 14.3 Å². The van der Waals surface area contributed by atoms with Crippen molar-refractivity contribution >= 4 is 5.91 Å². The van der Waals surface area contributed by atoms with Gasteiger partial charge in [-0.1, -0.05) is 0 Å². The number of carbonyl (C=O) groups is 1. The molecule has 1 unspecified atom stereocenters. The maximum absolute atomic E-state index is 11.1. The van der Waals surface area contributed by atoms with Crippen LogP contribution in [0.2, 0.25) is 0 Å². The van der Waals surface area contributed by atoms with E-state index in [0.29, 0.717) is 18.6 Å². The third-order valence-corrected chi connectivity index (χ3v) is 2.25. The number of hydrogen-bond donors (Lipinski definition) is 2. The molecule has 1 atom stereocenters. The minimum Gasteiger partial charge on any atom is -0.502 e. The average Bonchev–Trinajstić information content (AvgIpc) is 2.66. The van der Waals surface area contributed by atoms with Crippen LogP contribution in [-0.4, -0.2) is 17.2 Å². The van der Waals surface area contributed by atoms with Crippen LogP contribution in [0.3, 0.4) is 0 Å². The molecular formula is C10H11NO5. The maximum Gasteiger partial charge on any atom is 0.226 e. The van der Waals surface area contributed by atoms with Gasteiger partial charge in [0.2, 0.25) is 11.3 Å². The summed E-state index contributed by atoms with van der Waals surface area (Å²) in [4.78, 5) is 21.9. The van der Waals surface area contributed by atoms with Gasteiger partial charge in [0, 0.05) is 18.9 Å². The molecule has 16 heavy (non-hydrogen) atoms. The zero-order valence-corrected chi connectivity index (χ0v) is 8.43. The summed E-state index contributed by atoms with van der Waals surface area (Å²) in [6.07, 6.45) is 1.70. The molecule has 1 fully saturated rings. The Hall–Kier alpha value is -1.82. The second-order valence-electron chi connectivity index (χ2n) is 3.50. The van der Waals surface area contributed by atoms with Gasteiger partial charge >= 0.3 is 0 Å². The van der Waals surface area contributed by atoms with Crippen molar-refractivity contribution in [3.8, 4) is 5.75 Å². The van der Waals surface area contributed by atoms with Gasteiger partial charge in [0.25, 0.3) is 0 Å².